The van der Waals surface area contributed by atoms with Crippen molar-refractivity contribution in [2.45, 2.75) is 70.8 Å². The van der Waals surface area contributed by atoms with Crippen LogP contribution in [0, 0.1) is 17.8 Å². The summed E-state index contributed by atoms with van der Waals surface area (Å²) in [6.07, 6.45) is 12.2. The summed E-state index contributed by atoms with van der Waals surface area (Å²) >= 11 is 0. The van der Waals surface area contributed by atoms with E-state index in [0.717, 1.165) is 57.1 Å². The Morgan fingerprint density at radius 2 is 2.00 bits per heavy atom. The number of nitrogens with zero attached hydrogens (tertiary/aromatic N) is 1. The molecule has 4 nitrogen and oxygen atoms in total. The van der Waals surface area contributed by atoms with Gasteiger partial charge in [0.25, 0.3) is 0 Å². The summed E-state index contributed by atoms with van der Waals surface area (Å²) in [6.45, 7) is 3.03. The molecular formula is C26H35NO3. The van der Waals surface area contributed by atoms with Crippen LogP contribution >= 0.6 is 0 Å². The van der Waals surface area contributed by atoms with Crippen LogP contribution in [0.25, 0.3) is 0 Å². The average molecular weight is 410 g/mol. The lowest BCUT2D eigenvalue weighted by molar-refractivity contribution is -0.140. The molecule has 1 saturated heterocycles. The van der Waals surface area contributed by atoms with Gasteiger partial charge in [-0.25, -0.2) is 0 Å². The van der Waals surface area contributed by atoms with E-state index in [9.17, 15) is 9.59 Å². The van der Waals surface area contributed by atoms with Crippen LogP contribution in [0.4, 0.5) is 0 Å². The molecule has 1 aromatic carbocycles. The van der Waals surface area contributed by atoms with Crippen LogP contribution in [-0.2, 0) is 14.3 Å². The molecule has 1 heterocycles. The standard InChI is InChI=1S/C26H35NO3/c1-22(12-10-16-23-14-6-5-7-15-23)13-11-17-24-19-20-25(28)27(24)21-9-4-3-8-18-26(29)30-2/h5-7,11,14-15,17,22,24H,3-4,8-9,12-13,18-21H2,1-2H3/b17-11+. The Morgan fingerprint density at radius 1 is 1.23 bits per heavy atom. The molecule has 2 rings (SSSR count). The normalized spacial score (nSPS) is 17.1. The van der Waals surface area contributed by atoms with Crippen molar-refractivity contribution >= 4 is 11.9 Å². The van der Waals surface area contributed by atoms with Gasteiger partial charge in [0, 0.05) is 31.4 Å². The minimum absolute atomic E-state index is 0.143. The van der Waals surface area contributed by atoms with Crippen LogP contribution in [0.2, 0.25) is 0 Å². The van der Waals surface area contributed by atoms with Crippen molar-refractivity contribution in [1.82, 2.24) is 4.90 Å². The zero-order valence-corrected chi connectivity index (χ0v) is 18.4. The first-order valence-corrected chi connectivity index (χ1v) is 11.2. The molecule has 162 valence electrons. The van der Waals surface area contributed by atoms with Crippen molar-refractivity contribution in [3.63, 3.8) is 0 Å². The quantitative estimate of drug-likeness (QED) is 0.220. The Balaban J connectivity index is 1.67. The van der Waals surface area contributed by atoms with Crippen molar-refractivity contribution in [3.8, 4) is 11.8 Å². The molecule has 0 aliphatic carbocycles. The Morgan fingerprint density at radius 3 is 2.77 bits per heavy atom. The summed E-state index contributed by atoms with van der Waals surface area (Å²) in [6, 6.07) is 10.3. The minimum atomic E-state index is -0.143. The monoisotopic (exact) mass is 409 g/mol. The molecular weight excluding hydrogens is 374 g/mol. The maximum absolute atomic E-state index is 12.2. The van der Waals surface area contributed by atoms with E-state index in [1.165, 1.54) is 7.11 Å². The number of carbonyl (C=O) groups is 2. The molecule has 0 spiro atoms. The number of esters is 1. The second-order valence-electron chi connectivity index (χ2n) is 8.07. The SMILES string of the molecule is COC(=O)CCCCCCN1C(=O)CCC1/C=C/CC(C)CC#Cc1ccccc1. The smallest absolute Gasteiger partial charge is 0.305 e. The van der Waals surface area contributed by atoms with Crippen LogP contribution in [-0.4, -0.2) is 36.5 Å². The zero-order valence-electron chi connectivity index (χ0n) is 18.4. The van der Waals surface area contributed by atoms with E-state index < -0.39 is 0 Å². The highest BCUT2D eigenvalue weighted by Crippen LogP contribution is 2.21. The topological polar surface area (TPSA) is 46.6 Å². The molecule has 2 atom stereocenters. The Kier molecular flexibility index (Phi) is 10.8. The average Bonchev–Trinajstić information content (AvgIpc) is 3.10. The van der Waals surface area contributed by atoms with E-state index in [0.29, 0.717) is 18.8 Å². The molecule has 1 aliphatic rings. The third-order valence-electron chi connectivity index (χ3n) is 5.49. The van der Waals surface area contributed by atoms with Crippen molar-refractivity contribution in [1.29, 1.82) is 0 Å². The maximum Gasteiger partial charge on any atom is 0.305 e. The molecule has 0 radical (unpaired) electrons. The predicted molar refractivity (Wildman–Crippen MR) is 121 cm³/mol. The lowest BCUT2D eigenvalue weighted by Crippen LogP contribution is -2.32. The molecule has 4 heteroatoms. The van der Waals surface area contributed by atoms with E-state index in [1.807, 2.05) is 35.2 Å². The fourth-order valence-electron chi connectivity index (χ4n) is 3.65. The number of rotatable bonds is 11. The molecule has 1 fully saturated rings. The largest absolute Gasteiger partial charge is 0.469 e. The van der Waals surface area contributed by atoms with Crippen molar-refractivity contribution < 1.29 is 14.3 Å². The van der Waals surface area contributed by atoms with Crippen LogP contribution in [0.1, 0.15) is 70.3 Å². The summed E-state index contributed by atoms with van der Waals surface area (Å²) in [5, 5.41) is 0. The van der Waals surface area contributed by atoms with Gasteiger partial charge in [-0.15, -0.1) is 0 Å². The van der Waals surface area contributed by atoms with E-state index >= 15 is 0 Å². The number of allylic oxidation sites excluding steroid dienone is 1. The number of ether oxygens (including phenoxy) is 1. The highest BCUT2D eigenvalue weighted by molar-refractivity contribution is 5.79. The lowest BCUT2D eigenvalue weighted by Gasteiger charge is -2.22. The summed E-state index contributed by atoms with van der Waals surface area (Å²) in [4.78, 5) is 25.4. The van der Waals surface area contributed by atoms with Gasteiger partial charge in [-0.3, -0.25) is 9.59 Å². The Labute approximate surface area is 181 Å². The molecule has 0 N–H and O–H groups in total. The van der Waals surface area contributed by atoms with Gasteiger partial charge in [0.1, 0.15) is 0 Å². The van der Waals surface area contributed by atoms with E-state index in [1.54, 1.807) is 0 Å². The zero-order chi connectivity index (χ0) is 21.6. The minimum Gasteiger partial charge on any atom is -0.469 e. The van der Waals surface area contributed by atoms with Gasteiger partial charge in [0.05, 0.1) is 13.2 Å². The van der Waals surface area contributed by atoms with Crippen molar-refractivity contribution in [2.75, 3.05) is 13.7 Å². The number of likely N-dealkylation sites (tertiary alicyclic amines) is 1. The maximum atomic E-state index is 12.2. The highest BCUT2D eigenvalue weighted by Gasteiger charge is 2.28. The number of benzene rings is 1. The van der Waals surface area contributed by atoms with Gasteiger partial charge in [0.15, 0.2) is 0 Å². The molecule has 0 bridgehead atoms. The first-order valence-electron chi connectivity index (χ1n) is 11.2. The van der Waals surface area contributed by atoms with Gasteiger partial charge >= 0.3 is 5.97 Å². The van der Waals surface area contributed by atoms with E-state index in [2.05, 4.69) is 35.7 Å². The predicted octanol–water partition coefficient (Wildman–Crippen LogP) is 5.13. The number of amides is 1. The first kappa shape index (κ1) is 23.7. The van der Waals surface area contributed by atoms with Gasteiger partial charge in [-0.1, -0.05) is 62.0 Å². The number of hydrogen-bond donors (Lipinski definition) is 0. The molecule has 0 saturated carbocycles. The molecule has 1 amide bonds. The summed E-state index contributed by atoms with van der Waals surface area (Å²) in [5.41, 5.74) is 1.06. The summed E-state index contributed by atoms with van der Waals surface area (Å²) in [5.74, 6) is 7.11. The van der Waals surface area contributed by atoms with Crippen LogP contribution < -0.4 is 0 Å². The fourth-order valence-corrected chi connectivity index (χ4v) is 3.65. The number of unbranched alkanes of at least 4 members (excludes halogenated alkanes) is 3. The van der Waals surface area contributed by atoms with Crippen LogP contribution in [0.3, 0.4) is 0 Å². The molecule has 2 unspecified atom stereocenters. The second kappa shape index (κ2) is 13.6. The number of methoxy groups -OCH3 is 1. The summed E-state index contributed by atoms with van der Waals surface area (Å²) in [7, 11) is 1.42. The van der Waals surface area contributed by atoms with Gasteiger partial charge in [-0.2, -0.15) is 0 Å². The van der Waals surface area contributed by atoms with Crippen LogP contribution in [0.5, 0.6) is 0 Å². The molecule has 30 heavy (non-hydrogen) atoms. The van der Waals surface area contributed by atoms with E-state index in [-0.39, 0.29) is 17.9 Å². The van der Waals surface area contributed by atoms with Gasteiger partial charge in [-0.05, 0) is 43.7 Å². The third kappa shape index (κ3) is 8.86. The first-order chi connectivity index (χ1) is 14.6. The molecule has 1 aliphatic heterocycles. The second-order valence-corrected chi connectivity index (χ2v) is 8.07. The van der Waals surface area contributed by atoms with Gasteiger partial charge < -0.3 is 9.64 Å². The van der Waals surface area contributed by atoms with E-state index in [4.69, 9.17) is 0 Å². The Bertz CT molecular complexity index is 745. The molecule has 0 aromatic heterocycles. The Hall–Kier alpha value is -2.54. The fraction of sp³-hybridized carbons (Fsp3) is 0.538. The summed E-state index contributed by atoms with van der Waals surface area (Å²) < 4.78 is 4.66. The van der Waals surface area contributed by atoms with Gasteiger partial charge in [0.2, 0.25) is 5.91 Å². The van der Waals surface area contributed by atoms with Crippen LogP contribution in [0.15, 0.2) is 42.5 Å². The molecule has 1 aromatic rings. The third-order valence-corrected chi connectivity index (χ3v) is 5.49. The number of hydrogen-bond acceptors (Lipinski definition) is 3. The lowest BCUT2D eigenvalue weighted by atomic mass is 10.0. The number of carbonyl (C=O) groups excluding carboxylic acids is 2. The van der Waals surface area contributed by atoms with Crippen molar-refractivity contribution in [2.24, 2.45) is 5.92 Å². The van der Waals surface area contributed by atoms with Crippen molar-refractivity contribution in [3.05, 3.63) is 48.0 Å². The highest BCUT2D eigenvalue weighted by atomic mass is 16.5.